The number of aliphatic hydroxyl groups excluding tert-OH is 1. The Bertz CT molecular complexity index is 284. The number of nitrogens with one attached hydrogen (secondary N) is 1. The molecule has 0 aliphatic heterocycles. The van der Waals surface area contributed by atoms with Gasteiger partial charge in [-0.25, -0.2) is 4.98 Å². The summed E-state index contributed by atoms with van der Waals surface area (Å²) in [6.45, 7) is 0.164. The highest BCUT2D eigenvalue weighted by atomic mass is 16.3. The fourth-order valence-electron chi connectivity index (χ4n) is 0.811. The number of rotatable bonds is 3. The van der Waals surface area contributed by atoms with E-state index in [1.165, 1.54) is 6.20 Å². The van der Waals surface area contributed by atoms with Gasteiger partial charge in [0.1, 0.15) is 5.82 Å². The predicted octanol–water partition coefficient (Wildman–Crippen LogP) is -0.614. The van der Waals surface area contributed by atoms with Gasteiger partial charge in [-0.3, -0.25) is 4.79 Å². The minimum atomic E-state index is -0.262. The molecule has 0 aliphatic carbocycles. The smallest absolute Gasteiger partial charge is 0.252 e. The fraction of sp³-hybridized carbons (Fsp3) is 0.250. The van der Waals surface area contributed by atoms with Crippen LogP contribution < -0.4 is 11.1 Å². The third-order valence-corrected chi connectivity index (χ3v) is 1.45. The molecule has 1 aromatic rings. The quantitative estimate of drug-likeness (QED) is 0.580. The Kier molecular flexibility index (Phi) is 3.22. The second-order valence-electron chi connectivity index (χ2n) is 2.45. The normalized spacial score (nSPS) is 9.62. The molecule has 1 aromatic heterocycles. The van der Waals surface area contributed by atoms with E-state index in [0.29, 0.717) is 11.4 Å². The molecule has 0 spiro atoms. The molecule has 13 heavy (non-hydrogen) atoms. The van der Waals surface area contributed by atoms with Gasteiger partial charge in [-0.15, -0.1) is 0 Å². The summed E-state index contributed by atoms with van der Waals surface area (Å²) in [5.74, 6) is 0.111. The zero-order valence-electron chi connectivity index (χ0n) is 7.03. The van der Waals surface area contributed by atoms with Gasteiger partial charge in [0, 0.05) is 12.7 Å². The third kappa shape index (κ3) is 2.72. The molecule has 0 saturated carbocycles. The molecule has 0 unspecified atom stereocenters. The SMILES string of the molecule is Nc1ccc(C(=O)NCCO)cn1. The lowest BCUT2D eigenvalue weighted by atomic mass is 10.2. The van der Waals surface area contributed by atoms with Gasteiger partial charge < -0.3 is 16.2 Å². The van der Waals surface area contributed by atoms with E-state index in [9.17, 15) is 4.79 Å². The molecule has 4 N–H and O–H groups in total. The van der Waals surface area contributed by atoms with E-state index < -0.39 is 0 Å². The van der Waals surface area contributed by atoms with Crippen molar-refractivity contribution in [2.75, 3.05) is 18.9 Å². The number of nitrogens with zero attached hydrogens (tertiary/aromatic N) is 1. The number of nitrogen functional groups attached to an aromatic ring is 1. The fourth-order valence-corrected chi connectivity index (χ4v) is 0.811. The molecular formula is C8H11N3O2. The molecular weight excluding hydrogens is 170 g/mol. The van der Waals surface area contributed by atoms with E-state index in [0.717, 1.165) is 0 Å². The molecule has 5 heteroatoms. The number of nitrogens with two attached hydrogens (primary N) is 1. The van der Waals surface area contributed by atoms with Crippen LogP contribution in [0.25, 0.3) is 0 Å². The van der Waals surface area contributed by atoms with Crippen molar-refractivity contribution in [2.24, 2.45) is 0 Å². The van der Waals surface area contributed by atoms with Gasteiger partial charge in [0.05, 0.1) is 12.2 Å². The van der Waals surface area contributed by atoms with E-state index in [1.54, 1.807) is 12.1 Å². The maximum Gasteiger partial charge on any atom is 0.252 e. The molecule has 70 valence electrons. The lowest BCUT2D eigenvalue weighted by Crippen LogP contribution is -2.26. The number of hydrogen-bond acceptors (Lipinski definition) is 4. The van der Waals surface area contributed by atoms with Gasteiger partial charge in [0.25, 0.3) is 5.91 Å². The first-order chi connectivity index (χ1) is 6.24. The molecule has 1 amide bonds. The van der Waals surface area contributed by atoms with Crippen LogP contribution in [0.1, 0.15) is 10.4 Å². The van der Waals surface area contributed by atoms with Crippen molar-refractivity contribution in [3.05, 3.63) is 23.9 Å². The monoisotopic (exact) mass is 181 g/mol. The second kappa shape index (κ2) is 4.42. The number of aliphatic hydroxyl groups is 1. The maximum atomic E-state index is 11.2. The number of aromatic nitrogens is 1. The van der Waals surface area contributed by atoms with Gasteiger partial charge in [-0.05, 0) is 12.1 Å². The molecule has 0 radical (unpaired) electrons. The minimum absolute atomic E-state index is 0.0753. The van der Waals surface area contributed by atoms with Crippen LogP contribution in [-0.4, -0.2) is 29.1 Å². The molecule has 0 aromatic carbocycles. The van der Waals surface area contributed by atoms with Crippen LogP contribution in [0, 0.1) is 0 Å². The Morgan fingerprint density at radius 3 is 2.92 bits per heavy atom. The van der Waals surface area contributed by atoms with Crippen LogP contribution in [-0.2, 0) is 0 Å². The summed E-state index contributed by atoms with van der Waals surface area (Å²) in [4.78, 5) is 15.0. The molecule has 0 aliphatic rings. The topological polar surface area (TPSA) is 88.2 Å². The Morgan fingerprint density at radius 2 is 2.38 bits per heavy atom. The first kappa shape index (κ1) is 9.47. The Labute approximate surface area is 75.6 Å². The van der Waals surface area contributed by atoms with E-state index in [2.05, 4.69) is 10.3 Å². The molecule has 0 bridgehead atoms. The van der Waals surface area contributed by atoms with Crippen molar-refractivity contribution in [1.29, 1.82) is 0 Å². The number of carbonyl (C=O) groups excluding carboxylic acids is 1. The average molecular weight is 181 g/mol. The first-order valence-electron chi connectivity index (χ1n) is 3.84. The predicted molar refractivity (Wildman–Crippen MR) is 48.1 cm³/mol. The highest BCUT2D eigenvalue weighted by Gasteiger charge is 2.03. The molecule has 1 heterocycles. The number of pyridine rings is 1. The Morgan fingerprint density at radius 1 is 1.62 bits per heavy atom. The minimum Gasteiger partial charge on any atom is -0.395 e. The Hall–Kier alpha value is -1.62. The van der Waals surface area contributed by atoms with Crippen LogP contribution in [0.5, 0.6) is 0 Å². The van der Waals surface area contributed by atoms with Crippen LogP contribution in [0.4, 0.5) is 5.82 Å². The number of hydrogen-bond donors (Lipinski definition) is 3. The van der Waals surface area contributed by atoms with Crippen LogP contribution in [0.3, 0.4) is 0 Å². The first-order valence-corrected chi connectivity index (χ1v) is 3.84. The van der Waals surface area contributed by atoms with Crippen LogP contribution in [0.2, 0.25) is 0 Å². The van der Waals surface area contributed by atoms with Gasteiger partial charge >= 0.3 is 0 Å². The van der Waals surface area contributed by atoms with E-state index in [-0.39, 0.29) is 19.1 Å². The molecule has 0 atom stereocenters. The van der Waals surface area contributed by atoms with Gasteiger partial charge in [-0.2, -0.15) is 0 Å². The summed E-state index contributed by atoms with van der Waals surface area (Å²) < 4.78 is 0. The van der Waals surface area contributed by atoms with Gasteiger partial charge in [0.15, 0.2) is 0 Å². The van der Waals surface area contributed by atoms with Gasteiger partial charge in [0.2, 0.25) is 0 Å². The van der Waals surface area contributed by atoms with E-state index >= 15 is 0 Å². The van der Waals surface area contributed by atoms with Crippen molar-refractivity contribution in [3.63, 3.8) is 0 Å². The average Bonchev–Trinajstić information content (AvgIpc) is 2.15. The standard InChI is InChI=1S/C8H11N3O2/c9-7-2-1-6(5-11-7)8(13)10-3-4-12/h1-2,5,12H,3-4H2,(H2,9,11)(H,10,13). The maximum absolute atomic E-state index is 11.2. The highest BCUT2D eigenvalue weighted by molar-refractivity contribution is 5.93. The lowest BCUT2D eigenvalue weighted by molar-refractivity contribution is 0.0944. The zero-order valence-corrected chi connectivity index (χ0v) is 7.03. The summed E-state index contributed by atoms with van der Waals surface area (Å²) >= 11 is 0. The summed E-state index contributed by atoms with van der Waals surface area (Å²) in [5.41, 5.74) is 5.78. The van der Waals surface area contributed by atoms with Crippen molar-refractivity contribution in [3.8, 4) is 0 Å². The highest BCUT2D eigenvalue weighted by Crippen LogP contribution is 2.00. The largest absolute Gasteiger partial charge is 0.395 e. The van der Waals surface area contributed by atoms with E-state index in [1.807, 2.05) is 0 Å². The van der Waals surface area contributed by atoms with Crippen LogP contribution in [0.15, 0.2) is 18.3 Å². The van der Waals surface area contributed by atoms with E-state index in [4.69, 9.17) is 10.8 Å². The van der Waals surface area contributed by atoms with Crippen LogP contribution >= 0.6 is 0 Å². The van der Waals surface area contributed by atoms with Crippen molar-refractivity contribution >= 4 is 11.7 Å². The summed E-state index contributed by atoms with van der Waals surface area (Å²) in [7, 11) is 0. The number of carbonyl (C=O) groups is 1. The molecule has 0 saturated heterocycles. The Balaban J connectivity index is 2.61. The van der Waals surface area contributed by atoms with Crippen molar-refractivity contribution in [1.82, 2.24) is 10.3 Å². The number of anilines is 1. The molecule has 5 nitrogen and oxygen atoms in total. The lowest BCUT2D eigenvalue weighted by Gasteiger charge is -2.02. The van der Waals surface area contributed by atoms with Crippen molar-refractivity contribution < 1.29 is 9.90 Å². The molecule has 0 fully saturated rings. The summed E-state index contributed by atoms with van der Waals surface area (Å²) in [6.07, 6.45) is 1.39. The molecule has 1 rings (SSSR count). The second-order valence-corrected chi connectivity index (χ2v) is 2.45. The van der Waals surface area contributed by atoms with Crippen molar-refractivity contribution in [2.45, 2.75) is 0 Å². The summed E-state index contributed by atoms with van der Waals surface area (Å²) in [5, 5.41) is 11.0. The van der Waals surface area contributed by atoms with Gasteiger partial charge in [-0.1, -0.05) is 0 Å². The summed E-state index contributed by atoms with van der Waals surface area (Å²) in [6, 6.07) is 3.13. The zero-order chi connectivity index (χ0) is 9.68. The third-order valence-electron chi connectivity index (χ3n) is 1.45. The number of amides is 1.